The number of nitrogens with one attached hydrogen (secondary N) is 2. The van der Waals surface area contributed by atoms with E-state index in [9.17, 15) is 4.79 Å². The minimum atomic E-state index is -0.128. The average Bonchev–Trinajstić information content (AvgIpc) is 2.68. The Labute approximate surface area is 99.8 Å². The summed E-state index contributed by atoms with van der Waals surface area (Å²) in [5.41, 5.74) is 1.45. The molecule has 0 unspecified atom stereocenters. The largest absolute Gasteiger partial charge is 0.349 e. The molecule has 0 saturated heterocycles. The second-order valence-electron chi connectivity index (χ2n) is 3.85. The Bertz CT molecular complexity index is 532. The molecule has 0 aliphatic rings. The van der Waals surface area contributed by atoms with Gasteiger partial charge in [-0.1, -0.05) is 18.2 Å². The molecule has 0 radical (unpaired) electrons. The lowest BCUT2D eigenvalue weighted by molar-refractivity contribution is 0.0950. The van der Waals surface area contributed by atoms with Gasteiger partial charge in [-0.2, -0.15) is 5.10 Å². The number of aromatic nitrogens is 2. The van der Waals surface area contributed by atoms with E-state index in [1.165, 1.54) is 0 Å². The van der Waals surface area contributed by atoms with E-state index in [4.69, 9.17) is 0 Å². The summed E-state index contributed by atoms with van der Waals surface area (Å²) >= 11 is 0. The van der Waals surface area contributed by atoms with Gasteiger partial charge in [0.1, 0.15) is 0 Å². The van der Waals surface area contributed by atoms with Crippen molar-refractivity contribution in [2.45, 2.75) is 0 Å². The van der Waals surface area contributed by atoms with Crippen molar-refractivity contribution in [1.29, 1.82) is 0 Å². The number of carbonyl (C=O) groups is 1. The van der Waals surface area contributed by atoms with Crippen LogP contribution >= 0.6 is 0 Å². The third-order valence-corrected chi connectivity index (χ3v) is 2.63. The fourth-order valence-electron chi connectivity index (χ4n) is 1.77. The zero-order valence-corrected chi connectivity index (χ0v) is 10.0. The summed E-state index contributed by atoms with van der Waals surface area (Å²) in [6, 6.07) is 7.71. The maximum Gasteiger partial charge on any atom is 0.272 e. The first-order chi connectivity index (χ1) is 8.24. The fourth-order valence-corrected chi connectivity index (χ4v) is 1.77. The van der Waals surface area contributed by atoms with Gasteiger partial charge in [-0.05, 0) is 13.1 Å². The van der Waals surface area contributed by atoms with Gasteiger partial charge in [0.05, 0.1) is 5.52 Å². The van der Waals surface area contributed by atoms with Crippen LogP contribution in [0.15, 0.2) is 24.3 Å². The Morgan fingerprint density at radius 3 is 2.88 bits per heavy atom. The maximum absolute atomic E-state index is 11.9. The van der Waals surface area contributed by atoms with Gasteiger partial charge < -0.3 is 10.6 Å². The molecule has 2 aromatic rings. The third-order valence-electron chi connectivity index (χ3n) is 2.63. The standard InChI is InChI=1S/C12H16N4O/c1-13-7-8-14-12(17)11-9-5-3-4-6-10(9)16(2)15-11/h3-6,13H,7-8H2,1-2H3,(H,14,17). The number of likely N-dealkylation sites (N-methyl/N-ethyl adjacent to an activating group) is 1. The molecule has 1 amide bonds. The molecular formula is C12H16N4O. The molecule has 2 N–H and O–H groups in total. The van der Waals surface area contributed by atoms with Crippen molar-refractivity contribution in [3.8, 4) is 0 Å². The van der Waals surface area contributed by atoms with Crippen molar-refractivity contribution in [2.24, 2.45) is 7.05 Å². The molecule has 1 heterocycles. The maximum atomic E-state index is 11.9. The van der Waals surface area contributed by atoms with Gasteiger partial charge in [0.2, 0.25) is 0 Å². The average molecular weight is 232 g/mol. The zero-order valence-electron chi connectivity index (χ0n) is 10.0. The number of nitrogens with zero attached hydrogens (tertiary/aromatic N) is 2. The van der Waals surface area contributed by atoms with Crippen molar-refractivity contribution in [2.75, 3.05) is 20.1 Å². The summed E-state index contributed by atoms with van der Waals surface area (Å²) in [5.74, 6) is -0.128. The minimum absolute atomic E-state index is 0.128. The van der Waals surface area contributed by atoms with Crippen LogP contribution in [0, 0.1) is 0 Å². The van der Waals surface area contributed by atoms with Crippen LogP contribution in [0.5, 0.6) is 0 Å². The molecular weight excluding hydrogens is 216 g/mol. The van der Waals surface area contributed by atoms with E-state index >= 15 is 0 Å². The number of hydrogen-bond donors (Lipinski definition) is 2. The first kappa shape index (κ1) is 11.6. The van der Waals surface area contributed by atoms with Crippen LogP contribution in [0.3, 0.4) is 0 Å². The van der Waals surface area contributed by atoms with Gasteiger partial charge in [0, 0.05) is 25.5 Å². The summed E-state index contributed by atoms with van der Waals surface area (Å²) < 4.78 is 1.72. The van der Waals surface area contributed by atoms with Gasteiger partial charge in [-0.3, -0.25) is 9.48 Å². The predicted molar refractivity (Wildman–Crippen MR) is 67.0 cm³/mol. The minimum Gasteiger partial charge on any atom is -0.349 e. The third kappa shape index (κ3) is 2.29. The molecule has 1 aromatic heterocycles. The molecule has 0 bridgehead atoms. The van der Waals surface area contributed by atoms with Crippen molar-refractivity contribution in [3.05, 3.63) is 30.0 Å². The second-order valence-corrected chi connectivity index (χ2v) is 3.85. The van der Waals surface area contributed by atoms with Crippen LogP contribution in [0.25, 0.3) is 10.9 Å². The molecule has 0 aliphatic heterocycles. The molecule has 0 atom stereocenters. The number of para-hydroxylation sites is 1. The van der Waals surface area contributed by atoms with Crippen molar-refractivity contribution in [1.82, 2.24) is 20.4 Å². The first-order valence-corrected chi connectivity index (χ1v) is 5.58. The quantitative estimate of drug-likeness (QED) is 0.756. The molecule has 90 valence electrons. The first-order valence-electron chi connectivity index (χ1n) is 5.58. The van der Waals surface area contributed by atoms with Gasteiger partial charge in [-0.25, -0.2) is 0 Å². The van der Waals surface area contributed by atoms with Crippen molar-refractivity contribution in [3.63, 3.8) is 0 Å². The van der Waals surface area contributed by atoms with Crippen LogP contribution in [0.2, 0.25) is 0 Å². The number of carbonyl (C=O) groups excluding carboxylic acids is 1. The number of amides is 1. The SMILES string of the molecule is CNCCNC(=O)c1nn(C)c2ccccc12. The number of benzene rings is 1. The number of aryl methyl sites for hydroxylation is 1. The van der Waals surface area contributed by atoms with Crippen LogP contribution in [0.4, 0.5) is 0 Å². The lowest BCUT2D eigenvalue weighted by Gasteiger charge is -2.02. The molecule has 17 heavy (non-hydrogen) atoms. The van der Waals surface area contributed by atoms with Gasteiger partial charge in [-0.15, -0.1) is 0 Å². The van der Waals surface area contributed by atoms with Crippen molar-refractivity contribution < 1.29 is 4.79 Å². The summed E-state index contributed by atoms with van der Waals surface area (Å²) in [6.45, 7) is 1.34. The van der Waals surface area contributed by atoms with E-state index in [0.717, 1.165) is 17.4 Å². The summed E-state index contributed by atoms with van der Waals surface area (Å²) in [5, 5.41) is 10.9. The van der Waals surface area contributed by atoms with Crippen molar-refractivity contribution >= 4 is 16.8 Å². The number of fused-ring (bicyclic) bond motifs is 1. The molecule has 5 heteroatoms. The molecule has 0 fully saturated rings. The molecule has 1 aromatic carbocycles. The van der Waals surface area contributed by atoms with E-state index in [2.05, 4.69) is 15.7 Å². The Kier molecular flexibility index (Phi) is 3.39. The summed E-state index contributed by atoms with van der Waals surface area (Å²) in [4.78, 5) is 11.9. The highest BCUT2D eigenvalue weighted by Crippen LogP contribution is 2.16. The highest BCUT2D eigenvalue weighted by molar-refractivity contribution is 6.04. The molecule has 0 aliphatic carbocycles. The summed E-state index contributed by atoms with van der Waals surface area (Å²) in [7, 11) is 3.69. The zero-order chi connectivity index (χ0) is 12.3. The smallest absolute Gasteiger partial charge is 0.272 e. The highest BCUT2D eigenvalue weighted by atomic mass is 16.1. The molecule has 0 spiro atoms. The second kappa shape index (κ2) is 4.97. The normalized spacial score (nSPS) is 10.7. The van der Waals surface area contributed by atoms with Gasteiger partial charge in [0.25, 0.3) is 5.91 Å². The Morgan fingerprint density at radius 1 is 1.35 bits per heavy atom. The van der Waals surface area contributed by atoms with Crippen LogP contribution in [-0.4, -0.2) is 35.8 Å². The molecule has 0 saturated carbocycles. The lowest BCUT2D eigenvalue weighted by atomic mass is 10.2. The number of rotatable bonds is 4. The van der Waals surface area contributed by atoms with Crippen LogP contribution < -0.4 is 10.6 Å². The van der Waals surface area contributed by atoms with Gasteiger partial charge in [0.15, 0.2) is 5.69 Å². The Balaban J connectivity index is 2.26. The van der Waals surface area contributed by atoms with E-state index in [1.54, 1.807) is 4.68 Å². The van der Waals surface area contributed by atoms with Crippen LogP contribution in [-0.2, 0) is 7.05 Å². The monoisotopic (exact) mass is 232 g/mol. The highest BCUT2D eigenvalue weighted by Gasteiger charge is 2.14. The Morgan fingerprint density at radius 2 is 2.12 bits per heavy atom. The Hall–Kier alpha value is -1.88. The van der Waals surface area contributed by atoms with E-state index in [1.807, 2.05) is 38.4 Å². The van der Waals surface area contributed by atoms with Crippen LogP contribution in [0.1, 0.15) is 10.5 Å². The van der Waals surface area contributed by atoms with Gasteiger partial charge >= 0.3 is 0 Å². The topological polar surface area (TPSA) is 58.9 Å². The molecule has 2 rings (SSSR count). The number of hydrogen-bond acceptors (Lipinski definition) is 3. The molecule has 5 nitrogen and oxygen atoms in total. The fraction of sp³-hybridized carbons (Fsp3) is 0.333. The lowest BCUT2D eigenvalue weighted by Crippen LogP contribution is -2.30. The predicted octanol–water partition coefficient (Wildman–Crippen LogP) is 0.522. The summed E-state index contributed by atoms with van der Waals surface area (Å²) in [6.07, 6.45) is 0. The van der Waals surface area contributed by atoms with E-state index < -0.39 is 0 Å². The van der Waals surface area contributed by atoms with E-state index in [-0.39, 0.29) is 5.91 Å². The van der Waals surface area contributed by atoms with E-state index in [0.29, 0.717) is 12.2 Å².